The van der Waals surface area contributed by atoms with Crippen molar-refractivity contribution >= 4 is 5.91 Å². The van der Waals surface area contributed by atoms with Gasteiger partial charge in [0.25, 0.3) is 0 Å². The molecule has 1 atom stereocenters. The van der Waals surface area contributed by atoms with Crippen LogP contribution in [0, 0.1) is 0 Å². The molecule has 1 N–H and O–H groups in total. The van der Waals surface area contributed by atoms with Crippen molar-refractivity contribution in [2.75, 3.05) is 13.1 Å². The van der Waals surface area contributed by atoms with E-state index in [4.69, 9.17) is 4.52 Å². The summed E-state index contributed by atoms with van der Waals surface area (Å²) in [6.07, 6.45) is 3.65. The highest BCUT2D eigenvalue weighted by Gasteiger charge is 2.28. The summed E-state index contributed by atoms with van der Waals surface area (Å²) in [6, 6.07) is 1.98. The summed E-state index contributed by atoms with van der Waals surface area (Å²) in [5.41, 5.74) is 1.11. The van der Waals surface area contributed by atoms with Gasteiger partial charge in [0.15, 0.2) is 5.82 Å². The molecular formula is C15H21N5O2. The van der Waals surface area contributed by atoms with E-state index in [1.807, 2.05) is 24.8 Å². The van der Waals surface area contributed by atoms with Gasteiger partial charge in [-0.1, -0.05) is 19.0 Å². The van der Waals surface area contributed by atoms with Crippen molar-refractivity contribution < 1.29 is 9.32 Å². The van der Waals surface area contributed by atoms with Crippen LogP contribution in [0.4, 0.5) is 0 Å². The van der Waals surface area contributed by atoms with Crippen molar-refractivity contribution in [2.24, 2.45) is 0 Å². The van der Waals surface area contributed by atoms with Gasteiger partial charge in [0, 0.05) is 49.7 Å². The van der Waals surface area contributed by atoms with E-state index in [-0.39, 0.29) is 11.8 Å². The number of nitrogens with zero attached hydrogens (tertiary/aromatic N) is 4. The molecule has 0 saturated carbocycles. The van der Waals surface area contributed by atoms with E-state index in [2.05, 4.69) is 20.3 Å². The molecule has 1 aliphatic heterocycles. The standard InChI is InChI=1S/C15H21N5O2/c1-10(2)15-17-13(22-19-15)3-4-14(21)20-8-6-11(9-20)12-5-7-16-18-12/h5,7,10-11H,3-4,6,8-9H2,1-2H3,(H,16,18). The maximum absolute atomic E-state index is 12.3. The normalized spacial score (nSPS) is 18.3. The minimum absolute atomic E-state index is 0.145. The molecule has 118 valence electrons. The van der Waals surface area contributed by atoms with Crippen molar-refractivity contribution in [2.45, 2.75) is 44.9 Å². The van der Waals surface area contributed by atoms with Gasteiger partial charge >= 0.3 is 0 Å². The van der Waals surface area contributed by atoms with Crippen LogP contribution in [0.25, 0.3) is 0 Å². The van der Waals surface area contributed by atoms with E-state index in [1.165, 1.54) is 0 Å². The third-order valence-corrected chi connectivity index (χ3v) is 4.06. The lowest BCUT2D eigenvalue weighted by atomic mass is 10.1. The fourth-order valence-corrected chi connectivity index (χ4v) is 2.71. The first-order valence-corrected chi connectivity index (χ1v) is 7.73. The SMILES string of the molecule is CC(C)c1noc(CCC(=O)N2CCC(c3ccn[nH]3)C2)n1. The average molecular weight is 303 g/mol. The first kappa shape index (κ1) is 14.7. The smallest absolute Gasteiger partial charge is 0.227 e. The Hall–Kier alpha value is -2.18. The van der Waals surface area contributed by atoms with E-state index in [0.717, 1.165) is 25.2 Å². The molecule has 0 aliphatic carbocycles. The lowest BCUT2D eigenvalue weighted by molar-refractivity contribution is -0.130. The second kappa shape index (κ2) is 6.29. The summed E-state index contributed by atoms with van der Waals surface area (Å²) in [5.74, 6) is 1.99. The molecule has 0 radical (unpaired) electrons. The molecule has 7 heteroatoms. The number of amides is 1. The molecule has 2 aromatic rings. The first-order chi connectivity index (χ1) is 10.6. The highest BCUT2D eigenvalue weighted by molar-refractivity contribution is 5.76. The number of aryl methyl sites for hydroxylation is 1. The van der Waals surface area contributed by atoms with E-state index in [1.54, 1.807) is 6.20 Å². The zero-order chi connectivity index (χ0) is 15.5. The summed E-state index contributed by atoms with van der Waals surface area (Å²) in [6.45, 7) is 5.57. The molecule has 3 heterocycles. The third-order valence-electron chi connectivity index (χ3n) is 4.06. The summed E-state index contributed by atoms with van der Waals surface area (Å²) < 4.78 is 5.17. The monoisotopic (exact) mass is 303 g/mol. The lowest BCUT2D eigenvalue weighted by Crippen LogP contribution is -2.28. The molecule has 1 unspecified atom stereocenters. The molecular weight excluding hydrogens is 282 g/mol. The Morgan fingerprint density at radius 2 is 2.41 bits per heavy atom. The fraction of sp³-hybridized carbons (Fsp3) is 0.600. The number of carbonyl (C=O) groups is 1. The van der Waals surface area contributed by atoms with Crippen molar-refractivity contribution in [3.63, 3.8) is 0 Å². The Kier molecular flexibility index (Phi) is 4.22. The predicted octanol–water partition coefficient (Wildman–Crippen LogP) is 1.86. The Balaban J connectivity index is 1.50. The number of H-pyrrole nitrogens is 1. The molecule has 0 bridgehead atoms. The minimum Gasteiger partial charge on any atom is -0.342 e. The van der Waals surface area contributed by atoms with Crippen molar-refractivity contribution in [3.8, 4) is 0 Å². The molecule has 3 rings (SSSR count). The Labute approximate surface area is 129 Å². The summed E-state index contributed by atoms with van der Waals surface area (Å²) in [5, 5.41) is 10.9. The number of hydrogen-bond donors (Lipinski definition) is 1. The van der Waals surface area contributed by atoms with Crippen LogP contribution < -0.4 is 0 Å². The molecule has 2 aromatic heterocycles. The van der Waals surface area contributed by atoms with Gasteiger partial charge < -0.3 is 9.42 Å². The Bertz CT molecular complexity index is 620. The van der Waals surface area contributed by atoms with Crippen LogP contribution in [0.1, 0.15) is 55.9 Å². The van der Waals surface area contributed by atoms with Gasteiger partial charge in [-0.25, -0.2) is 0 Å². The highest BCUT2D eigenvalue weighted by Crippen LogP contribution is 2.26. The quantitative estimate of drug-likeness (QED) is 0.911. The van der Waals surface area contributed by atoms with Gasteiger partial charge in [0.1, 0.15) is 0 Å². The summed E-state index contributed by atoms with van der Waals surface area (Å²) in [4.78, 5) is 18.5. The number of rotatable bonds is 5. The third kappa shape index (κ3) is 3.18. The van der Waals surface area contributed by atoms with E-state index in [0.29, 0.717) is 30.5 Å². The van der Waals surface area contributed by atoms with Gasteiger partial charge in [-0.2, -0.15) is 10.1 Å². The van der Waals surface area contributed by atoms with Crippen LogP contribution >= 0.6 is 0 Å². The van der Waals surface area contributed by atoms with Crippen molar-refractivity contribution in [3.05, 3.63) is 29.7 Å². The summed E-state index contributed by atoms with van der Waals surface area (Å²) in [7, 11) is 0. The topological polar surface area (TPSA) is 87.9 Å². The van der Waals surface area contributed by atoms with Crippen molar-refractivity contribution in [1.82, 2.24) is 25.2 Å². The van der Waals surface area contributed by atoms with Crippen LogP contribution in [0.15, 0.2) is 16.8 Å². The number of likely N-dealkylation sites (tertiary alicyclic amines) is 1. The van der Waals surface area contributed by atoms with E-state index < -0.39 is 0 Å². The van der Waals surface area contributed by atoms with Crippen LogP contribution in [-0.4, -0.2) is 44.2 Å². The van der Waals surface area contributed by atoms with E-state index >= 15 is 0 Å². The van der Waals surface area contributed by atoms with Crippen LogP contribution in [0.3, 0.4) is 0 Å². The van der Waals surface area contributed by atoms with Gasteiger partial charge in [0.05, 0.1) is 0 Å². The molecule has 7 nitrogen and oxygen atoms in total. The van der Waals surface area contributed by atoms with Gasteiger partial charge in [-0.15, -0.1) is 0 Å². The first-order valence-electron chi connectivity index (χ1n) is 7.73. The molecule has 1 amide bonds. The summed E-state index contributed by atoms with van der Waals surface area (Å²) >= 11 is 0. The molecule has 1 saturated heterocycles. The average Bonchev–Trinajstić information content (AvgIpc) is 3.23. The van der Waals surface area contributed by atoms with Crippen LogP contribution in [0.2, 0.25) is 0 Å². The molecule has 1 aliphatic rings. The van der Waals surface area contributed by atoms with Crippen LogP contribution in [0.5, 0.6) is 0 Å². The lowest BCUT2D eigenvalue weighted by Gasteiger charge is -2.15. The maximum Gasteiger partial charge on any atom is 0.227 e. The number of carbonyl (C=O) groups excluding carboxylic acids is 1. The van der Waals surface area contributed by atoms with Crippen molar-refractivity contribution in [1.29, 1.82) is 0 Å². The molecule has 1 fully saturated rings. The minimum atomic E-state index is 0.145. The number of aromatic amines is 1. The number of hydrogen-bond acceptors (Lipinski definition) is 5. The van der Waals surface area contributed by atoms with Gasteiger partial charge in [0.2, 0.25) is 11.8 Å². The largest absolute Gasteiger partial charge is 0.342 e. The number of nitrogens with one attached hydrogen (secondary N) is 1. The van der Waals surface area contributed by atoms with E-state index in [9.17, 15) is 4.79 Å². The second-order valence-corrected chi connectivity index (χ2v) is 6.04. The molecule has 22 heavy (non-hydrogen) atoms. The molecule has 0 aromatic carbocycles. The van der Waals surface area contributed by atoms with Crippen LogP contribution in [-0.2, 0) is 11.2 Å². The predicted molar refractivity (Wildman–Crippen MR) is 79.2 cm³/mol. The molecule has 0 spiro atoms. The second-order valence-electron chi connectivity index (χ2n) is 6.04. The Morgan fingerprint density at radius 3 is 3.09 bits per heavy atom. The maximum atomic E-state index is 12.3. The zero-order valence-corrected chi connectivity index (χ0v) is 13.0. The van der Waals surface area contributed by atoms with Gasteiger partial charge in [-0.05, 0) is 12.5 Å². The zero-order valence-electron chi connectivity index (χ0n) is 13.0. The Morgan fingerprint density at radius 1 is 1.55 bits per heavy atom. The van der Waals surface area contributed by atoms with Gasteiger partial charge in [-0.3, -0.25) is 9.89 Å². The highest BCUT2D eigenvalue weighted by atomic mass is 16.5. The number of aromatic nitrogens is 4. The fourth-order valence-electron chi connectivity index (χ4n) is 2.71.